The summed E-state index contributed by atoms with van der Waals surface area (Å²) >= 11 is 1.34. The first-order valence-electron chi connectivity index (χ1n) is 4.57. The van der Waals surface area contributed by atoms with E-state index in [0.717, 1.165) is 0 Å². The number of carbonyl (C=O) groups is 1. The summed E-state index contributed by atoms with van der Waals surface area (Å²) in [6.45, 7) is 2.64. The van der Waals surface area contributed by atoms with E-state index in [2.05, 4.69) is 10.2 Å². The molecule has 0 aliphatic rings. The van der Waals surface area contributed by atoms with Crippen molar-refractivity contribution in [2.45, 2.75) is 12.1 Å². The molecule has 1 rings (SSSR count). The lowest BCUT2D eigenvalue weighted by Crippen LogP contribution is -2.27. The largest absolute Gasteiger partial charge is 0.368 e. The Morgan fingerprint density at radius 3 is 2.73 bits per heavy atom. The maximum atomic E-state index is 11.5. The number of hydrogen-bond donors (Lipinski definition) is 1. The van der Waals surface area contributed by atoms with Crippen LogP contribution in [-0.2, 0) is 11.8 Å². The highest BCUT2D eigenvalue weighted by molar-refractivity contribution is 7.99. The Kier molecular flexibility index (Phi) is 3.96. The molecule has 0 aliphatic carbocycles. The average molecular weight is 229 g/mol. The number of aromatic nitrogens is 3. The van der Waals surface area contributed by atoms with Gasteiger partial charge in [0, 0.05) is 20.6 Å². The Bertz CT molecular complexity index is 351. The number of amides is 1. The molecule has 84 valence electrons. The molecule has 0 atom stereocenters. The van der Waals surface area contributed by atoms with E-state index in [4.69, 9.17) is 5.73 Å². The van der Waals surface area contributed by atoms with E-state index in [0.29, 0.717) is 23.4 Å². The van der Waals surface area contributed by atoms with Crippen molar-refractivity contribution in [1.29, 1.82) is 0 Å². The number of nitrogens with two attached hydrogens (primary N) is 1. The minimum atomic E-state index is 0.0732. The van der Waals surface area contributed by atoms with Gasteiger partial charge in [0.25, 0.3) is 0 Å². The second kappa shape index (κ2) is 5.01. The summed E-state index contributed by atoms with van der Waals surface area (Å²) in [5.74, 6) is 0.786. The smallest absolute Gasteiger partial charge is 0.232 e. The van der Waals surface area contributed by atoms with Crippen molar-refractivity contribution in [3.05, 3.63) is 0 Å². The van der Waals surface area contributed by atoms with Crippen LogP contribution in [0, 0.1) is 0 Å². The van der Waals surface area contributed by atoms with Gasteiger partial charge in [0.15, 0.2) is 5.16 Å². The van der Waals surface area contributed by atoms with Gasteiger partial charge in [-0.3, -0.25) is 9.36 Å². The second-order valence-electron chi connectivity index (χ2n) is 3.10. The molecule has 1 aromatic rings. The first-order chi connectivity index (χ1) is 7.06. The van der Waals surface area contributed by atoms with E-state index in [1.807, 2.05) is 6.92 Å². The van der Waals surface area contributed by atoms with E-state index < -0.39 is 0 Å². The lowest BCUT2D eigenvalue weighted by molar-refractivity contribution is -0.126. The van der Waals surface area contributed by atoms with E-state index in [-0.39, 0.29) is 5.91 Å². The van der Waals surface area contributed by atoms with Gasteiger partial charge in [-0.1, -0.05) is 11.8 Å². The summed E-state index contributed by atoms with van der Waals surface area (Å²) in [6, 6.07) is 0. The lowest BCUT2D eigenvalue weighted by Gasteiger charge is -2.13. The lowest BCUT2D eigenvalue weighted by atomic mass is 10.5. The maximum absolute atomic E-state index is 11.5. The molecule has 0 fully saturated rings. The fraction of sp³-hybridized carbons (Fsp3) is 0.625. The summed E-state index contributed by atoms with van der Waals surface area (Å²) in [5.41, 5.74) is 5.51. The zero-order valence-corrected chi connectivity index (χ0v) is 9.91. The Labute approximate surface area is 92.8 Å². The minimum absolute atomic E-state index is 0.0732. The molecule has 7 heteroatoms. The monoisotopic (exact) mass is 229 g/mol. The quantitative estimate of drug-likeness (QED) is 0.733. The van der Waals surface area contributed by atoms with Crippen LogP contribution in [0.4, 0.5) is 5.95 Å². The number of thioether (sulfide) groups is 1. The Balaban J connectivity index is 2.51. The standard InChI is InChI=1S/C8H15N5OS/c1-4-12(2)6(14)5-15-8-11-10-7(9)13(8)3/h4-5H2,1-3H3,(H2,9,10). The molecule has 2 N–H and O–H groups in total. The highest BCUT2D eigenvalue weighted by Gasteiger charge is 2.11. The molecular formula is C8H15N5OS. The summed E-state index contributed by atoms with van der Waals surface area (Å²) in [4.78, 5) is 13.1. The van der Waals surface area contributed by atoms with Crippen LogP contribution < -0.4 is 5.73 Å². The molecule has 0 saturated carbocycles. The van der Waals surface area contributed by atoms with Crippen LogP contribution in [-0.4, -0.2) is 44.9 Å². The van der Waals surface area contributed by atoms with Gasteiger partial charge in [-0.05, 0) is 6.92 Å². The van der Waals surface area contributed by atoms with Crippen LogP contribution >= 0.6 is 11.8 Å². The Morgan fingerprint density at radius 1 is 1.60 bits per heavy atom. The van der Waals surface area contributed by atoms with E-state index in [1.165, 1.54) is 11.8 Å². The maximum Gasteiger partial charge on any atom is 0.232 e. The third-order valence-electron chi connectivity index (χ3n) is 2.09. The first-order valence-corrected chi connectivity index (χ1v) is 5.56. The van der Waals surface area contributed by atoms with Gasteiger partial charge < -0.3 is 10.6 Å². The molecule has 1 heterocycles. The fourth-order valence-corrected chi connectivity index (χ4v) is 1.72. The van der Waals surface area contributed by atoms with E-state index in [9.17, 15) is 4.79 Å². The number of hydrogen-bond acceptors (Lipinski definition) is 5. The van der Waals surface area contributed by atoms with E-state index >= 15 is 0 Å². The molecule has 1 aromatic heterocycles. The zero-order valence-electron chi connectivity index (χ0n) is 9.10. The predicted octanol–water partition coefficient (Wildman–Crippen LogP) is -0.0323. The molecule has 0 bridgehead atoms. The molecule has 0 radical (unpaired) electrons. The van der Waals surface area contributed by atoms with Crippen LogP contribution in [0.2, 0.25) is 0 Å². The van der Waals surface area contributed by atoms with Gasteiger partial charge in [0.2, 0.25) is 11.9 Å². The Morgan fingerprint density at radius 2 is 2.27 bits per heavy atom. The highest BCUT2D eigenvalue weighted by Crippen LogP contribution is 2.16. The summed E-state index contributed by atoms with van der Waals surface area (Å²) in [5, 5.41) is 8.21. The number of nitrogens with zero attached hydrogens (tertiary/aromatic N) is 4. The third-order valence-corrected chi connectivity index (χ3v) is 3.10. The molecule has 15 heavy (non-hydrogen) atoms. The van der Waals surface area contributed by atoms with Crippen LogP contribution in [0.25, 0.3) is 0 Å². The van der Waals surface area contributed by atoms with Gasteiger partial charge in [-0.15, -0.1) is 10.2 Å². The normalized spacial score (nSPS) is 10.3. The van der Waals surface area contributed by atoms with Gasteiger partial charge in [-0.2, -0.15) is 0 Å². The predicted molar refractivity (Wildman–Crippen MR) is 59.5 cm³/mol. The average Bonchev–Trinajstić information content (AvgIpc) is 2.55. The molecule has 0 aliphatic heterocycles. The Hall–Kier alpha value is -1.24. The first kappa shape index (κ1) is 11.8. The second-order valence-corrected chi connectivity index (χ2v) is 4.04. The third kappa shape index (κ3) is 2.85. The summed E-state index contributed by atoms with van der Waals surface area (Å²) < 4.78 is 1.66. The topological polar surface area (TPSA) is 77.0 Å². The van der Waals surface area contributed by atoms with Crippen molar-refractivity contribution >= 4 is 23.6 Å². The minimum Gasteiger partial charge on any atom is -0.368 e. The molecule has 6 nitrogen and oxygen atoms in total. The van der Waals surface area contributed by atoms with Crippen LogP contribution in [0.15, 0.2) is 5.16 Å². The molecule has 0 aromatic carbocycles. The SMILES string of the molecule is CCN(C)C(=O)CSc1nnc(N)n1C. The molecule has 0 unspecified atom stereocenters. The number of nitrogen functional groups attached to an aromatic ring is 1. The van der Waals surface area contributed by atoms with Gasteiger partial charge >= 0.3 is 0 Å². The summed E-state index contributed by atoms with van der Waals surface area (Å²) in [7, 11) is 3.54. The number of rotatable bonds is 4. The summed E-state index contributed by atoms with van der Waals surface area (Å²) in [6.07, 6.45) is 0. The van der Waals surface area contributed by atoms with Crippen molar-refractivity contribution in [2.24, 2.45) is 7.05 Å². The van der Waals surface area contributed by atoms with Gasteiger partial charge in [0.05, 0.1) is 5.75 Å². The van der Waals surface area contributed by atoms with Crippen molar-refractivity contribution in [3.63, 3.8) is 0 Å². The van der Waals surface area contributed by atoms with Crippen molar-refractivity contribution in [1.82, 2.24) is 19.7 Å². The van der Waals surface area contributed by atoms with Crippen molar-refractivity contribution in [2.75, 3.05) is 25.1 Å². The molecule has 1 amide bonds. The molecular weight excluding hydrogens is 214 g/mol. The van der Waals surface area contributed by atoms with Crippen molar-refractivity contribution < 1.29 is 4.79 Å². The number of anilines is 1. The molecule has 0 saturated heterocycles. The van der Waals surface area contributed by atoms with Crippen LogP contribution in [0.3, 0.4) is 0 Å². The van der Waals surface area contributed by atoms with E-state index in [1.54, 1.807) is 23.6 Å². The van der Waals surface area contributed by atoms with Crippen LogP contribution in [0.1, 0.15) is 6.92 Å². The molecule has 0 spiro atoms. The van der Waals surface area contributed by atoms with Gasteiger partial charge in [0.1, 0.15) is 0 Å². The fourth-order valence-electron chi connectivity index (χ4n) is 0.865. The van der Waals surface area contributed by atoms with Gasteiger partial charge in [-0.25, -0.2) is 0 Å². The number of carbonyl (C=O) groups excluding carboxylic acids is 1. The highest BCUT2D eigenvalue weighted by atomic mass is 32.2. The zero-order chi connectivity index (χ0) is 11.4. The van der Waals surface area contributed by atoms with Crippen LogP contribution in [0.5, 0.6) is 0 Å². The van der Waals surface area contributed by atoms with Crippen molar-refractivity contribution in [3.8, 4) is 0 Å².